The average molecular weight is 219 g/mol. The number of anilines is 1. The highest BCUT2D eigenvalue weighted by Gasteiger charge is 2.12. The number of unbranched alkanes of at least 4 members (excludes halogenated alkanes) is 1. The molecule has 1 aliphatic rings. The summed E-state index contributed by atoms with van der Waals surface area (Å²) in [7, 11) is 0. The zero-order valence-corrected chi connectivity index (χ0v) is 10.2. The van der Waals surface area contributed by atoms with E-state index in [1.165, 1.54) is 32.1 Å². The number of hydrogen-bond donors (Lipinski definition) is 0. The van der Waals surface area contributed by atoms with Gasteiger partial charge in [-0.3, -0.25) is 0 Å². The summed E-state index contributed by atoms with van der Waals surface area (Å²) in [5, 5.41) is 0. The van der Waals surface area contributed by atoms with Crippen molar-refractivity contribution < 1.29 is 0 Å². The van der Waals surface area contributed by atoms with E-state index < -0.39 is 0 Å². The highest BCUT2D eigenvalue weighted by molar-refractivity contribution is 5.37. The highest BCUT2D eigenvalue weighted by Crippen LogP contribution is 2.17. The number of nitrogens with zero attached hydrogens (tertiary/aromatic N) is 3. The van der Waals surface area contributed by atoms with E-state index in [4.69, 9.17) is 0 Å². The first-order chi connectivity index (χ1) is 7.90. The van der Waals surface area contributed by atoms with Crippen LogP contribution in [0.3, 0.4) is 0 Å². The molecule has 0 bridgehead atoms. The first-order valence-electron chi connectivity index (χ1n) is 6.47. The van der Waals surface area contributed by atoms with Crippen molar-refractivity contribution in [1.29, 1.82) is 0 Å². The molecule has 88 valence electrons. The second kappa shape index (κ2) is 5.83. The first kappa shape index (κ1) is 11.4. The summed E-state index contributed by atoms with van der Waals surface area (Å²) < 4.78 is 0. The molecule has 1 saturated heterocycles. The molecular weight excluding hydrogens is 198 g/mol. The molecule has 2 heterocycles. The second-order valence-corrected chi connectivity index (χ2v) is 4.48. The fraction of sp³-hybridized carbons (Fsp3) is 0.692. The molecule has 0 radical (unpaired) electrons. The van der Waals surface area contributed by atoms with Crippen LogP contribution in [0.2, 0.25) is 0 Å². The maximum absolute atomic E-state index is 4.65. The Labute approximate surface area is 97.9 Å². The van der Waals surface area contributed by atoms with Crippen LogP contribution in [0.1, 0.15) is 44.9 Å². The molecule has 1 aliphatic heterocycles. The van der Waals surface area contributed by atoms with Gasteiger partial charge in [0.1, 0.15) is 11.6 Å². The van der Waals surface area contributed by atoms with Crippen LogP contribution in [0.5, 0.6) is 0 Å². The van der Waals surface area contributed by atoms with E-state index in [1.807, 2.05) is 12.3 Å². The third-order valence-electron chi connectivity index (χ3n) is 3.12. The Morgan fingerprint density at radius 1 is 1.25 bits per heavy atom. The van der Waals surface area contributed by atoms with Gasteiger partial charge in [-0.2, -0.15) is 0 Å². The van der Waals surface area contributed by atoms with Crippen molar-refractivity contribution in [2.45, 2.75) is 45.4 Å². The summed E-state index contributed by atoms with van der Waals surface area (Å²) >= 11 is 0. The van der Waals surface area contributed by atoms with E-state index in [1.54, 1.807) is 0 Å². The van der Waals surface area contributed by atoms with Crippen molar-refractivity contribution in [3.8, 4) is 0 Å². The average Bonchev–Trinajstić information content (AvgIpc) is 2.38. The smallest absolute Gasteiger partial charge is 0.132 e. The Bertz CT molecular complexity index is 319. The van der Waals surface area contributed by atoms with Crippen LogP contribution < -0.4 is 4.90 Å². The molecule has 1 aromatic rings. The Kier molecular flexibility index (Phi) is 4.14. The number of aryl methyl sites for hydroxylation is 1. The number of aromatic nitrogens is 2. The summed E-state index contributed by atoms with van der Waals surface area (Å²) in [6.07, 6.45) is 9.27. The molecule has 0 atom stereocenters. The van der Waals surface area contributed by atoms with Gasteiger partial charge in [-0.05, 0) is 31.7 Å². The molecule has 0 amide bonds. The molecule has 3 nitrogen and oxygen atoms in total. The van der Waals surface area contributed by atoms with E-state index in [0.29, 0.717) is 0 Å². The Morgan fingerprint density at radius 2 is 2.06 bits per heavy atom. The summed E-state index contributed by atoms with van der Waals surface area (Å²) in [4.78, 5) is 11.4. The lowest BCUT2D eigenvalue weighted by atomic mass is 10.1. The lowest BCUT2D eigenvalue weighted by Crippen LogP contribution is -2.30. The largest absolute Gasteiger partial charge is 0.357 e. The quantitative estimate of drug-likeness (QED) is 0.779. The van der Waals surface area contributed by atoms with Crippen LogP contribution in [-0.2, 0) is 6.42 Å². The fourth-order valence-corrected chi connectivity index (χ4v) is 2.14. The van der Waals surface area contributed by atoms with E-state index in [0.717, 1.165) is 31.2 Å². The van der Waals surface area contributed by atoms with Crippen LogP contribution in [-0.4, -0.2) is 23.1 Å². The van der Waals surface area contributed by atoms with Crippen LogP contribution in [0, 0.1) is 0 Å². The molecule has 0 aliphatic carbocycles. The molecule has 0 unspecified atom stereocenters. The van der Waals surface area contributed by atoms with Crippen LogP contribution in [0.15, 0.2) is 12.3 Å². The lowest BCUT2D eigenvalue weighted by Gasteiger charge is -2.27. The Morgan fingerprint density at radius 3 is 2.81 bits per heavy atom. The number of hydrogen-bond acceptors (Lipinski definition) is 3. The second-order valence-electron chi connectivity index (χ2n) is 4.48. The molecular formula is C13H21N3. The van der Waals surface area contributed by atoms with Gasteiger partial charge in [-0.25, -0.2) is 9.97 Å². The number of rotatable bonds is 4. The Hall–Kier alpha value is -1.12. The maximum Gasteiger partial charge on any atom is 0.132 e. The van der Waals surface area contributed by atoms with Crippen LogP contribution in [0.25, 0.3) is 0 Å². The monoisotopic (exact) mass is 219 g/mol. The van der Waals surface area contributed by atoms with E-state index in [-0.39, 0.29) is 0 Å². The summed E-state index contributed by atoms with van der Waals surface area (Å²) in [6, 6.07) is 2.04. The zero-order valence-electron chi connectivity index (χ0n) is 10.2. The standard InChI is InChI=1S/C13H21N3/c1-2-3-7-12-14-9-8-13(15-12)16-10-5-4-6-11-16/h8-9H,2-7,10-11H2,1H3. The third-order valence-corrected chi connectivity index (χ3v) is 3.12. The Balaban J connectivity index is 2.02. The molecule has 0 spiro atoms. The van der Waals surface area contributed by atoms with Crippen LogP contribution >= 0.6 is 0 Å². The zero-order chi connectivity index (χ0) is 11.2. The maximum atomic E-state index is 4.65. The van der Waals surface area contributed by atoms with Gasteiger partial charge in [0.05, 0.1) is 0 Å². The van der Waals surface area contributed by atoms with Crippen molar-refractivity contribution in [3.63, 3.8) is 0 Å². The van der Waals surface area contributed by atoms with Crippen molar-refractivity contribution >= 4 is 5.82 Å². The van der Waals surface area contributed by atoms with Gasteiger partial charge in [0.25, 0.3) is 0 Å². The molecule has 16 heavy (non-hydrogen) atoms. The van der Waals surface area contributed by atoms with Crippen molar-refractivity contribution in [1.82, 2.24) is 9.97 Å². The topological polar surface area (TPSA) is 29.0 Å². The van der Waals surface area contributed by atoms with Crippen molar-refractivity contribution in [2.24, 2.45) is 0 Å². The van der Waals surface area contributed by atoms with Crippen molar-refractivity contribution in [2.75, 3.05) is 18.0 Å². The predicted molar refractivity (Wildman–Crippen MR) is 66.7 cm³/mol. The minimum Gasteiger partial charge on any atom is -0.357 e. The molecule has 0 aromatic carbocycles. The van der Waals surface area contributed by atoms with E-state index >= 15 is 0 Å². The van der Waals surface area contributed by atoms with E-state index in [9.17, 15) is 0 Å². The van der Waals surface area contributed by atoms with Gasteiger partial charge in [0.15, 0.2) is 0 Å². The van der Waals surface area contributed by atoms with Gasteiger partial charge < -0.3 is 4.90 Å². The highest BCUT2D eigenvalue weighted by atomic mass is 15.2. The van der Waals surface area contributed by atoms with Gasteiger partial charge in [-0.15, -0.1) is 0 Å². The van der Waals surface area contributed by atoms with Gasteiger partial charge >= 0.3 is 0 Å². The molecule has 1 fully saturated rings. The third kappa shape index (κ3) is 2.94. The molecule has 1 aromatic heterocycles. The predicted octanol–water partition coefficient (Wildman–Crippen LogP) is 2.81. The van der Waals surface area contributed by atoms with Crippen LogP contribution in [0.4, 0.5) is 5.82 Å². The minimum atomic E-state index is 1.00. The molecule has 0 N–H and O–H groups in total. The minimum absolute atomic E-state index is 1.00. The molecule has 2 rings (SSSR count). The first-order valence-corrected chi connectivity index (χ1v) is 6.47. The lowest BCUT2D eigenvalue weighted by molar-refractivity contribution is 0.571. The summed E-state index contributed by atoms with van der Waals surface area (Å²) in [5.74, 6) is 2.13. The van der Waals surface area contributed by atoms with Gasteiger partial charge in [-0.1, -0.05) is 13.3 Å². The van der Waals surface area contributed by atoms with Crippen molar-refractivity contribution in [3.05, 3.63) is 18.1 Å². The number of piperidine rings is 1. The van der Waals surface area contributed by atoms with Gasteiger partial charge in [0, 0.05) is 25.7 Å². The molecule has 0 saturated carbocycles. The summed E-state index contributed by atoms with van der Waals surface area (Å²) in [6.45, 7) is 4.52. The van der Waals surface area contributed by atoms with Gasteiger partial charge in [0.2, 0.25) is 0 Å². The summed E-state index contributed by atoms with van der Waals surface area (Å²) in [5.41, 5.74) is 0. The SMILES string of the molecule is CCCCc1nccc(N2CCCCC2)n1. The molecule has 3 heteroatoms. The van der Waals surface area contributed by atoms with E-state index in [2.05, 4.69) is 21.8 Å². The fourth-order valence-electron chi connectivity index (χ4n) is 2.14. The normalized spacial score (nSPS) is 16.4.